The van der Waals surface area contributed by atoms with Crippen molar-refractivity contribution in [1.29, 1.82) is 0 Å². The molecule has 2 aromatic carbocycles. The Labute approximate surface area is 186 Å². The second-order valence-corrected chi connectivity index (χ2v) is 8.72. The van der Waals surface area contributed by atoms with Crippen LogP contribution in [0.2, 0.25) is 0 Å². The van der Waals surface area contributed by atoms with E-state index in [1.165, 1.54) is 28.8 Å². The normalized spacial score (nSPS) is 18.1. The van der Waals surface area contributed by atoms with Gasteiger partial charge in [0.25, 0.3) is 0 Å². The van der Waals surface area contributed by atoms with Gasteiger partial charge in [-0.05, 0) is 49.9 Å². The highest BCUT2D eigenvalue weighted by Gasteiger charge is 2.33. The number of nitrogens with zero attached hydrogens (tertiary/aromatic N) is 6. The number of anilines is 3. The SMILES string of the molecule is Cc1cc(Nc2ncn(-c3cc(F)cc(F)c3)n2)cc(N2CC(N3CCN(C)CC3)C2)c1. The van der Waals surface area contributed by atoms with E-state index in [4.69, 9.17) is 0 Å². The predicted molar refractivity (Wildman–Crippen MR) is 121 cm³/mol. The number of benzene rings is 2. The summed E-state index contributed by atoms with van der Waals surface area (Å²) in [6, 6.07) is 10.2. The summed E-state index contributed by atoms with van der Waals surface area (Å²) in [6.45, 7) is 8.68. The van der Waals surface area contributed by atoms with E-state index in [0.29, 0.717) is 12.0 Å². The van der Waals surface area contributed by atoms with Crippen LogP contribution in [0.25, 0.3) is 5.69 Å². The van der Waals surface area contributed by atoms with Gasteiger partial charge in [-0.15, -0.1) is 5.10 Å². The van der Waals surface area contributed by atoms with Gasteiger partial charge in [-0.25, -0.2) is 13.5 Å². The van der Waals surface area contributed by atoms with Crippen LogP contribution in [0, 0.1) is 18.6 Å². The summed E-state index contributed by atoms with van der Waals surface area (Å²) >= 11 is 0. The molecule has 0 unspecified atom stereocenters. The molecule has 0 radical (unpaired) electrons. The van der Waals surface area contributed by atoms with E-state index in [9.17, 15) is 8.78 Å². The lowest BCUT2D eigenvalue weighted by molar-refractivity contribution is 0.0963. The Morgan fingerprint density at radius 3 is 2.34 bits per heavy atom. The summed E-state index contributed by atoms with van der Waals surface area (Å²) in [5.41, 5.74) is 3.47. The maximum absolute atomic E-state index is 13.5. The third kappa shape index (κ3) is 4.44. The molecule has 2 fully saturated rings. The molecule has 0 atom stereocenters. The number of aryl methyl sites for hydroxylation is 1. The van der Waals surface area contributed by atoms with Gasteiger partial charge >= 0.3 is 0 Å². The Bertz CT molecular complexity index is 1080. The first-order valence-electron chi connectivity index (χ1n) is 10.9. The first-order valence-corrected chi connectivity index (χ1v) is 10.9. The van der Waals surface area contributed by atoms with Gasteiger partial charge in [-0.2, -0.15) is 4.98 Å². The van der Waals surface area contributed by atoms with Gasteiger partial charge in [0, 0.05) is 62.8 Å². The molecule has 2 aliphatic rings. The van der Waals surface area contributed by atoms with Crippen LogP contribution in [-0.2, 0) is 0 Å². The summed E-state index contributed by atoms with van der Waals surface area (Å²) in [7, 11) is 2.18. The smallest absolute Gasteiger partial charge is 0.246 e. The van der Waals surface area contributed by atoms with E-state index in [0.717, 1.165) is 56.6 Å². The van der Waals surface area contributed by atoms with Crippen molar-refractivity contribution in [2.75, 3.05) is 56.5 Å². The van der Waals surface area contributed by atoms with Gasteiger partial charge < -0.3 is 15.1 Å². The lowest BCUT2D eigenvalue weighted by atomic mass is 10.0. The Morgan fingerprint density at radius 1 is 0.906 bits per heavy atom. The van der Waals surface area contributed by atoms with Gasteiger partial charge in [0.2, 0.25) is 5.95 Å². The average Bonchev–Trinajstić information content (AvgIpc) is 3.16. The first-order chi connectivity index (χ1) is 15.4. The minimum absolute atomic E-state index is 0.281. The van der Waals surface area contributed by atoms with Crippen molar-refractivity contribution in [2.24, 2.45) is 0 Å². The molecule has 0 aliphatic carbocycles. The Morgan fingerprint density at radius 2 is 1.62 bits per heavy atom. The fourth-order valence-electron chi connectivity index (χ4n) is 4.35. The molecule has 32 heavy (non-hydrogen) atoms. The van der Waals surface area contributed by atoms with Crippen LogP contribution in [0.4, 0.5) is 26.1 Å². The van der Waals surface area contributed by atoms with Gasteiger partial charge in [0.1, 0.15) is 18.0 Å². The minimum atomic E-state index is -0.655. The molecule has 2 saturated heterocycles. The average molecular weight is 440 g/mol. The topological polar surface area (TPSA) is 52.5 Å². The lowest BCUT2D eigenvalue weighted by Gasteiger charge is -2.49. The van der Waals surface area contributed by atoms with Crippen molar-refractivity contribution in [2.45, 2.75) is 13.0 Å². The van der Waals surface area contributed by atoms with Crippen molar-refractivity contribution in [1.82, 2.24) is 24.6 Å². The number of aromatic nitrogens is 3. The molecule has 3 aromatic rings. The van der Waals surface area contributed by atoms with Gasteiger partial charge in [0.05, 0.1) is 5.69 Å². The zero-order valence-corrected chi connectivity index (χ0v) is 18.3. The van der Waals surface area contributed by atoms with E-state index in [1.807, 2.05) is 6.07 Å². The quantitative estimate of drug-likeness (QED) is 0.660. The number of likely N-dealkylation sites (N-methyl/N-ethyl adjacent to an activating group) is 1. The van der Waals surface area contributed by atoms with Gasteiger partial charge in [-0.3, -0.25) is 4.90 Å². The van der Waals surface area contributed by atoms with Crippen LogP contribution in [0.1, 0.15) is 5.56 Å². The molecule has 2 aliphatic heterocycles. The van der Waals surface area contributed by atoms with E-state index in [-0.39, 0.29) is 5.69 Å². The molecule has 1 N–H and O–H groups in total. The molecule has 9 heteroatoms. The molecule has 3 heterocycles. The molecule has 0 bridgehead atoms. The van der Waals surface area contributed by atoms with Crippen LogP contribution in [0.3, 0.4) is 0 Å². The van der Waals surface area contributed by atoms with Crippen molar-refractivity contribution in [3.05, 3.63) is 59.9 Å². The van der Waals surface area contributed by atoms with E-state index < -0.39 is 11.6 Å². The number of rotatable bonds is 5. The summed E-state index contributed by atoms with van der Waals surface area (Å²) in [4.78, 5) is 11.6. The highest BCUT2D eigenvalue weighted by molar-refractivity contribution is 5.65. The van der Waals surface area contributed by atoms with Crippen LogP contribution >= 0.6 is 0 Å². The zero-order valence-electron chi connectivity index (χ0n) is 18.3. The van der Waals surface area contributed by atoms with E-state index in [2.05, 4.69) is 56.2 Å². The van der Waals surface area contributed by atoms with Gasteiger partial charge in [0.15, 0.2) is 0 Å². The van der Waals surface area contributed by atoms with E-state index in [1.54, 1.807) is 0 Å². The zero-order chi connectivity index (χ0) is 22.2. The maximum atomic E-state index is 13.5. The Kier molecular flexibility index (Phi) is 5.52. The number of hydrogen-bond donors (Lipinski definition) is 1. The number of hydrogen-bond acceptors (Lipinski definition) is 6. The standard InChI is InChI=1S/C23H27F2N7/c1-16-7-19(27-23-26-15-32(28-23)21-10-17(24)9-18(25)11-21)12-20(8-16)31-13-22(14-31)30-5-3-29(2)4-6-30/h7-12,15,22H,3-6,13-14H2,1-2H3,(H,27,28). The monoisotopic (exact) mass is 439 g/mol. The van der Waals surface area contributed by atoms with Crippen LogP contribution < -0.4 is 10.2 Å². The summed E-state index contributed by atoms with van der Waals surface area (Å²) in [5.74, 6) is -0.944. The van der Waals surface area contributed by atoms with Crippen LogP contribution in [0.15, 0.2) is 42.7 Å². The number of piperazine rings is 1. The largest absolute Gasteiger partial charge is 0.368 e. The van der Waals surface area contributed by atoms with Crippen LogP contribution in [0.5, 0.6) is 0 Å². The van der Waals surface area contributed by atoms with Crippen molar-refractivity contribution < 1.29 is 8.78 Å². The van der Waals surface area contributed by atoms with Crippen molar-refractivity contribution in [3.63, 3.8) is 0 Å². The summed E-state index contributed by atoms with van der Waals surface area (Å²) < 4.78 is 28.4. The maximum Gasteiger partial charge on any atom is 0.246 e. The van der Waals surface area contributed by atoms with E-state index >= 15 is 0 Å². The molecule has 0 spiro atoms. The summed E-state index contributed by atoms with van der Waals surface area (Å²) in [6.07, 6.45) is 1.43. The van der Waals surface area contributed by atoms with Crippen molar-refractivity contribution in [3.8, 4) is 5.69 Å². The molecule has 0 saturated carbocycles. The fourth-order valence-corrected chi connectivity index (χ4v) is 4.35. The lowest BCUT2D eigenvalue weighted by Crippen LogP contribution is -2.63. The summed E-state index contributed by atoms with van der Waals surface area (Å²) in [5, 5.41) is 7.53. The Hall–Kier alpha value is -3.04. The number of halogens is 2. The molecule has 5 rings (SSSR count). The third-order valence-electron chi connectivity index (χ3n) is 6.20. The molecular weight excluding hydrogens is 412 g/mol. The minimum Gasteiger partial charge on any atom is -0.368 e. The second kappa shape index (κ2) is 8.48. The number of nitrogens with one attached hydrogen (secondary N) is 1. The van der Waals surface area contributed by atoms with Crippen molar-refractivity contribution >= 4 is 17.3 Å². The predicted octanol–water partition coefficient (Wildman–Crippen LogP) is 3.03. The third-order valence-corrected chi connectivity index (χ3v) is 6.20. The Balaban J connectivity index is 1.26. The highest BCUT2D eigenvalue weighted by atomic mass is 19.1. The fraction of sp³-hybridized carbons (Fsp3) is 0.391. The van der Waals surface area contributed by atoms with Crippen LogP contribution in [-0.4, -0.2) is 76.9 Å². The van der Waals surface area contributed by atoms with Gasteiger partial charge in [-0.1, -0.05) is 0 Å². The second-order valence-electron chi connectivity index (χ2n) is 8.72. The highest BCUT2D eigenvalue weighted by Crippen LogP contribution is 2.29. The first kappa shape index (κ1) is 20.8. The molecule has 0 amide bonds. The molecule has 168 valence electrons. The molecular formula is C23H27F2N7. The molecule has 7 nitrogen and oxygen atoms in total. The molecule has 1 aromatic heterocycles.